The van der Waals surface area contributed by atoms with Crippen molar-refractivity contribution in [3.63, 3.8) is 0 Å². The van der Waals surface area contributed by atoms with Crippen LogP contribution in [0.4, 0.5) is 29.0 Å². The molecule has 0 fully saturated rings. The van der Waals surface area contributed by atoms with Crippen molar-refractivity contribution < 1.29 is 32.0 Å². The SMILES string of the molecule is C=Cc1cnc(C(N)=O)cc1N(F)C(F)(F)F.CN1C(=O)CCOc2ccccc21. The Morgan fingerprint density at radius 3 is 2.63 bits per heavy atom. The molecular weight excluding hydrogens is 408 g/mol. The Hall–Kier alpha value is -3.63. The third kappa shape index (κ3) is 5.25. The van der Waals surface area contributed by atoms with Gasteiger partial charge in [-0.25, -0.2) is 0 Å². The molecule has 11 heteroatoms. The zero-order chi connectivity index (χ0) is 22.5. The van der Waals surface area contributed by atoms with Crippen molar-refractivity contribution in [3.8, 4) is 5.75 Å². The number of carbonyl (C=O) groups excluding carboxylic acids is 2. The van der Waals surface area contributed by atoms with Gasteiger partial charge in [0.2, 0.25) is 5.91 Å². The lowest BCUT2D eigenvalue weighted by Gasteiger charge is -2.18. The lowest BCUT2D eigenvalue weighted by molar-refractivity contribution is -0.157. The third-order valence-corrected chi connectivity index (χ3v) is 3.99. The highest BCUT2D eigenvalue weighted by atomic mass is 19.4. The van der Waals surface area contributed by atoms with Crippen LogP contribution in [0, 0.1) is 0 Å². The minimum Gasteiger partial charge on any atom is -0.491 e. The largest absolute Gasteiger partial charge is 0.512 e. The fraction of sp³-hybridized carbons (Fsp3) is 0.211. The van der Waals surface area contributed by atoms with Crippen LogP contribution in [0.15, 0.2) is 43.1 Å². The Morgan fingerprint density at radius 1 is 1.37 bits per heavy atom. The summed E-state index contributed by atoms with van der Waals surface area (Å²) < 4.78 is 54.9. The highest BCUT2D eigenvalue weighted by molar-refractivity contribution is 5.95. The first-order valence-electron chi connectivity index (χ1n) is 8.49. The minimum absolute atomic E-state index is 0.102. The zero-order valence-corrected chi connectivity index (χ0v) is 15.8. The number of primary amides is 1. The van der Waals surface area contributed by atoms with Gasteiger partial charge in [0, 0.05) is 18.8 Å². The number of halogens is 4. The molecule has 1 aliphatic heterocycles. The number of rotatable bonds is 3. The van der Waals surface area contributed by atoms with E-state index >= 15 is 0 Å². The van der Waals surface area contributed by atoms with Crippen molar-refractivity contribution in [1.82, 2.24) is 4.98 Å². The lowest BCUT2D eigenvalue weighted by Crippen LogP contribution is -2.31. The Balaban J connectivity index is 0.000000220. The van der Waals surface area contributed by atoms with Crippen LogP contribution in [-0.2, 0) is 4.79 Å². The number of nitrogens with zero attached hydrogens (tertiary/aromatic N) is 3. The molecule has 0 aliphatic carbocycles. The summed E-state index contributed by atoms with van der Waals surface area (Å²) in [6.45, 7) is 3.69. The number of benzene rings is 1. The van der Waals surface area contributed by atoms with Crippen molar-refractivity contribution in [1.29, 1.82) is 0 Å². The maximum absolute atomic E-state index is 13.0. The van der Waals surface area contributed by atoms with Crippen LogP contribution in [0.3, 0.4) is 0 Å². The number of carbonyl (C=O) groups is 2. The van der Waals surface area contributed by atoms with Crippen molar-refractivity contribution in [3.05, 3.63) is 54.4 Å². The van der Waals surface area contributed by atoms with Gasteiger partial charge in [0.25, 0.3) is 5.91 Å². The summed E-state index contributed by atoms with van der Waals surface area (Å²) in [6, 6.07) is 8.18. The van der Waals surface area contributed by atoms with Gasteiger partial charge in [0.15, 0.2) is 0 Å². The van der Waals surface area contributed by atoms with Gasteiger partial charge < -0.3 is 15.4 Å². The van der Waals surface area contributed by atoms with E-state index in [1.54, 1.807) is 11.9 Å². The predicted molar refractivity (Wildman–Crippen MR) is 102 cm³/mol. The summed E-state index contributed by atoms with van der Waals surface area (Å²) in [7, 11) is 1.77. The molecule has 1 aromatic carbocycles. The summed E-state index contributed by atoms with van der Waals surface area (Å²) in [5, 5.41) is -1.43. The Bertz CT molecular complexity index is 950. The lowest BCUT2D eigenvalue weighted by atomic mass is 10.2. The van der Waals surface area contributed by atoms with Gasteiger partial charge in [-0.05, 0) is 18.2 Å². The van der Waals surface area contributed by atoms with Gasteiger partial charge in [0.05, 0.1) is 24.4 Å². The molecule has 0 atom stereocenters. The molecule has 3 rings (SSSR count). The maximum atomic E-state index is 13.0. The number of para-hydroxylation sites is 2. The van der Waals surface area contributed by atoms with Crippen molar-refractivity contribution in [2.75, 3.05) is 23.7 Å². The molecule has 2 amide bonds. The van der Waals surface area contributed by atoms with Gasteiger partial charge >= 0.3 is 6.30 Å². The smallest absolute Gasteiger partial charge is 0.491 e. The molecule has 30 heavy (non-hydrogen) atoms. The van der Waals surface area contributed by atoms with E-state index < -0.39 is 28.7 Å². The monoisotopic (exact) mass is 426 g/mol. The van der Waals surface area contributed by atoms with Crippen LogP contribution in [0.25, 0.3) is 6.08 Å². The first kappa shape index (κ1) is 22.7. The second kappa shape index (κ2) is 9.25. The normalized spacial score (nSPS) is 13.2. The van der Waals surface area contributed by atoms with Crippen molar-refractivity contribution >= 4 is 29.3 Å². The van der Waals surface area contributed by atoms with E-state index in [1.807, 2.05) is 24.3 Å². The number of hydrogen-bond donors (Lipinski definition) is 1. The fourth-order valence-corrected chi connectivity index (χ4v) is 2.46. The summed E-state index contributed by atoms with van der Waals surface area (Å²) in [4.78, 5) is 27.3. The molecule has 1 aliphatic rings. The van der Waals surface area contributed by atoms with Gasteiger partial charge in [-0.3, -0.25) is 14.6 Å². The highest BCUT2D eigenvalue weighted by Gasteiger charge is 2.40. The van der Waals surface area contributed by atoms with Crippen LogP contribution in [0.5, 0.6) is 5.75 Å². The summed E-state index contributed by atoms with van der Waals surface area (Å²) in [6.07, 6.45) is -2.93. The molecule has 0 radical (unpaired) electrons. The van der Waals surface area contributed by atoms with E-state index in [1.165, 1.54) is 0 Å². The standard InChI is InChI=1S/C10H11NO2.C9H7F4N3O/c1-11-8-4-2-3-5-9(8)13-7-6-10(11)12;1-2-5-4-15-6(8(14)17)3-7(5)16(13)9(10,11)12/h2-5H,6-7H2,1H3;2-4H,1H2,(H2,14,17). The number of anilines is 2. The second-order valence-corrected chi connectivity index (χ2v) is 5.96. The van der Waals surface area contributed by atoms with Crippen LogP contribution < -0.4 is 20.5 Å². The minimum atomic E-state index is -5.23. The molecule has 2 N–H and O–H groups in total. The number of aromatic nitrogens is 1. The number of ether oxygens (including phenoxy) is 1. The van der Waals surface area contributed by atoms with Crippen molar-refractivity contribution in [2.45, 2.75) is 12.7 Å². The predicted octanol–water partition coefficient (Wildman–Crippen LogP) is 3.47. The first-order valence-corrected chi connectivity index (χ1v) is 8.49. The van der Waals surface area contributed by atoms with Crippen LogP contribution in [0.2, 0.25) is 0 Å². The molecule has 0 unspecified atom stereocenters. The molecule has 0 saturated heterocycles. The number of fused-ring (bicyclic) bond motifs is 1. The number of alkyl halides is 3. The highest BCUT2D eigenvalue weighted by Crippen LogP contribution is 2.32. The molecule has 2 aromatic rings. The number of amides is 2. The average Bonchev–Trinajstić information content (AvgIpc) is 2.85. The maximum Gasteiger partial charge on any atom is 0.512 e. The van der Waals surface area contributed by atoms with Crippen LogP contribution >= 0.6 is 0 Å². The van der Waals surface area contributed by atoms with Crippen LogP contribution in [0.1, 0.15) is 22.5 Å². The van der Waals surface area contributed by atoms with Gasteiger partial charge in [0.1, 0.15) is 11.4 Å². The van der Waals surface area contributed by atoms with E-state index in [-0.39, 0.29) is 11.5 Å². The Labute approximate surface area is 169 Å². The van der Waals surface area contributed by atoms with Crippen molar-refractivity contribution in [2.24, 2.45) is 5.73 Å². The molecule has 160 valence electrons. The number of hydrogen-bond acceptors (Lipinski definition) is 5. The number of pyridine rings is 1. The summed E-state index contributed by atoms with van der Waals surface area (Å²) in [5.41, 5.74) is 4.11. The fourth-order valence-electron chi connectivity index (χ4n) is 2.46. The van der Waals surface area contributed by atoms with E-state index in [4.69, 9.17) is 10.5 Å². The molecule has 0 saturated carbocycles. The first-order chi connectivity index (χ1) is 14.1. The molecule has 2 heterocycles. The topological polar surface area (TPSA) is 88.8 Å². The Morgan fingerprint density at radius 2 is 2.03 bits per heavy atom. The van der Waals surface area contributed by atoms with E-state index in [0.29, 0.717) is 19.1 Å². The van der Waals surface area contributed by atoms with E-state index in [2.05, 4.69) is 11.6 Å². The van der Waals surface area contributed by atoms with Gasteiger partial charge in [-0.2, -0.15) is 0 Å². The molecule has 0 bridgehead atoms. The molecule has 7 nitrogen and oxygen atoms in total. The molecule has 1 aromatic heterocycles. The van der Waals surface area contributed by atoms with Gasteiger partial charge in [-0.15, -0.1) is 18.3 Å². The molecule has 0 spiro atoms. The third-order valence-electron chi connectivity index (χ3n) is 3.99. The molecular formula is C19H18F4N4O3. The summed E-state index contributed by atoms with van der Waals surface area (Å²) in [5.74, 6) is -0.168. The average molecular weight is 426 g/mol. The van der Waals surface area contributed by atoms with E-state index in [9.17, 15) is 27.2 Å². The number of nitrogens with two attached hydrogens (primary N) is 1. The Kier molecular flexibility index (Phi) is 6.98. The van der Waals surface area contributed by atoms with E-state index in [0.717, 1.165) is 23.7 Å². The quantitative estimate of drug-likeness (QED) is 0.461. The van der Waals surface area contributed by atoms with Gasteiger partial charge in [-0.1, -0.05) is 29.3 Å². The zero-order valence-electron chi connectivity index (χ0n) is 15.8. The summed E-state index contributed by atoms with van der Waals surface area (Å²) >= 11 is 0. The van der Waals surface area contributed by atoms with Crippen LogP contribution in [-0.4, -0.2) is 36.8 Å². The second-order valence-electron chi connectivity index (χ2n) is 5.96.